The van der Waals surface area contributed by atoms with Crippen LogP contribution in [0.3, 0.4) is 0 Å². The molecule has 1 aliphatic rings. The van der Waals surface area contributed by atoms with E-state index in [1.165, 1.54) is 16.7 Å². The van der Waals surface area contributed by atoms with Crippen LogP contribution in [0, 0.1) is 0 Å². The lowest BCUT2D eigenvalue weighted by molar-refractivity contribution is -0.118. The molecule has 0 saturated heterocycles. The summed E-state index contributed by atoms with van der Waals surface area (Å²) in [5.41, 5.74) is 4.19. The van der Waals surface area contributed by atoms with Gasteiger partial charge in [0, 0.05) is 13.5 Å². The maximum atomic E-state index is 11.2. The molecular weight excluding hydrogens is 298 g/mol. The summed E-state index contributed by atoms with van der Waals surface area (Å²) in [6.45, 7) is 2.29. The third kappa shape index (κ3) is 3.78. The molecule has 24 heavy (non-hydrogen) atoms. The van der Waals surface area contributed by atoms with Gasteiger partial charge < -0.3 is 10.1 Å². The van der Waals surface area contributed by atoms with Gasteiger partial charge in [0.05, 0.1) is 7.11 Å². The van der Waals surface area contributed by atoms with E-state index in [4.69, 9.17) is 4.74 Å². The van der Waals surface area contributed by atoms with Crippen molar-refractivity contribution in [2.24, 2.45) is 0 Å². The highest BCUT2D eigenvalue weighted by molar-refractivity contribution is 5.72. The first-order valence-electron chi connectivity index (χ1n) is 8.63. The minimum atomic E-state index is 0.0382. The average molecular weight is 323 g/mol. The molecule has 2 atom stereocenters. The van der Waals surface area contributed by atoms with E-state index in [-0.39, 0.29) is 5.91 Å². The maximum Gasteiger partial charge on any atom is 0.216 e. The average Bonchev–Trinajstić information content (AvgIpc) is 2.61. The Bertz CT molecular complexity index is 696. The van der Waals surface area contributed by atoms with Gasteiger partial charge in [0.15, 0.2) is 0 Å². The van der Waals surface area contributed by atoms with Crippen molar-refractivity contribution in [3.05, 3.63) is 65.2 Å². The van der Waals surface area contributed by atoms with Gasteiger partial charge in [-0.3, -0.25) is 4.79 Å². The van der Waals surface area contributed by atoms with Crippen molar-refractivity contribution in [3.63, 3.8) is 0 Å². The molecule has 0 radical (unpaired) electrons. The second-order valence-corrected chi connectivity index (χ2v) is 6.58. The lowest BCUT2D eigenvalue weighted by Gasteiger charge is -2.32. The zero-order chi connectivity index (χ0) is 16.9. The molecule has 1 aliphatic carbocycles. The van der Waals surface area contributed by atoms with Crippen LogP contribution in [0.25, 0.3) is 0 Å². The van der Waals surface area contributed by atoms with Gasteiger partial charge in [0.2, 0.25) is 5.91 Å². The molecule has 0 bridgehead atoms. The molecular formula is C21H25NO2. The zero-order valence-corrected chi connectivity index (χ0v) is 14.4. The van der Waals surface area contributed by atoms with Crippen molar-refractivity contribution in [1.82, 2.24) is 5.32 Å². The molecule has 2 unspecified atom stereocenters. The molecule has 2 aromatic rings. The summed E-state index contributed by atoms with van der Waals surface area (Å²) in [7, 11) is 1.71. The number of carbonyl (C=O) groups excluding carboxylic acids is 1. The van der Waals surface area contributed by atoms with Crippen LogP contribution in [-0.2, 0) is 11.2 Å². The van der Waals surface area contributed by atoms with Crippen LogP contribution in [0.15, 0.2) is 48.5 Å². The summed E-state index contributed by atoms with van der Waals surface area (Å²) in [5.74, 6) is 1.93. The first-order valence-corrected chi connectivity index (χ1v) is 8.63. The number of hydrogen-bond acceptors (Lipinski definition) is 2. The fraction of sp³-hybridized carbons (Fsp3) is 0.381. The molecule has 0 aliphatic heterocycles. The minimum absolute atomic E-state index is 0.0382. The molecule has 1 amide bonds. The molecule has 0 saturated carbocycles. The van der Waals surface area contributed by atoms with E-state index in [0.29, 0.717) is 11.8 Å². The smallest absolute Gasteiger partial charge is 0.216 e. The van der Waals surface area contributed by atoms with E-state index in [0.717, 1.165) is 31.6 Å². The van der Waals surface area contributed by atoms with Gasteiger partial charge in [-0.25, -0.2) is 0 Å². The zero-order valence-electron chi connectivity index (χ0n) is 14.4. The van der Waals surface area contributed by atoms with Gasteiger partial charge in [-0.05, 0) is 59.9 Å². The van der Waals surface area contributed by atoms with E-state index in [1.54, 1.807) is 14.0 Å². The monoisotopic (exact) mass is 323 g/mol. The first-order chi connectivity index (χ1) is 11.7. The minimum Gasteiger partial charge on any atom is -0.497 e. The quantitative estimate of drug-likeness (QED) is 0.902. The number of carbonyl (C=O) groups is 1. The van der Waals surface area contributed by atoms with Crippen molar-refractivity contribution >= 4 is 5.91 Å². The van der Waals surface area contributed by atoms with Crippen LogP contribution in [0.4, 0.5) is 0 Å². The lowest BCUT2D eigenvalue weighted by Crippen LogP contribution is -2.25. The van der Waals surface area contributed by atoms with Gasteiger partial charge in [0.25, 0.3) is 0 Å². The van der Waals surface area contributed by atoms with Crippen LogP contribution in [0.5, 0.6) is 5.75 Å². The van der Waals surface area contributed by atoms with E-state index >= 15 is 0 Å². The lowest BCUT2D eigenvalue weighted by atomic mass is 9.73. The topological polar surface area (TPSA) is 38.3 Å². The summed E-state index contributed by atoms with van der Waals surface area (Å²) in [5, 5.41) is 2.94. The molecule has 0 spiro atoms. The third-order valence-corrected chi connectivity index (χ3v) is 4.97. The van der Waals surface area contributed by atoms with Gasteiger partial charge >= 0.3 is 0 Å². The largest absolute Gasteiger partial charge is 0.497 e. The van der Waals surface area contributed by atoms with Crippen molar-refractivity contribution in [3.8, 4) is 5.75 Å². The summed E-state index contributed by atoms with van der Waals surface area (Å²) in [6, 6.07) is 17.2. The van der Waals surface area contributed by atoms with Gasteiger partial charge in [-0.15, -0.1) is 0 Å². The molecule has 3 heteroatoms. The van der Waals surface area contributed by atoms with Crippen molar-refractivity contribution in [2.75, 3.05) is 13.7 Å². The number of rotatable bonds is 5. The SMILES string of the molecule is COc1ccc2c(c1)C(CCNC(C)=O)CC(c1ccccc1)C2. The maximum absolute atomic E-state index is 11.2. The normalized spacial score (nSPS) is 19.4. The van der Waals surface area contributed by atoms with Crippen molar-refractivity contribution in [2.45, 2.75) is 38.0 Å². The van der Waals surface area contributed by atoms with Gasteiger partial charge in [0.1, 0.15) is 5.75 Å². The number of fused-ring (bicyclic) bond motifs is 1. The van der Waals surface area contributed by atoms with Gasteiger partial charge in [-0.2, -0.15) is 0 Å². The molecule has 0 heterocycles. The van der Waals surface area contributed by atoms with Crippen LogP contribution in [0.2, 0.25) is 0 Å². The number of benzene rings is 2. The molecule has 0 fully saturated rings. The standard InChI is InChI=1S/C21H25NO2/c1-15(23)22-11-10-18-13-19(16-6-4-3-5-7-16)12-17-8-9-20(24-2)14-21(17)18/h3-9,14,18-19H,10-13H2,1-2H3,(H,22,23). The third-order valence-electron chi connectivity index (χ3n) is 4.97. The summed E-state index contributed by atoms with van der Waals surface area (Å²) in [4.78, 5) is 11.2. The Balaban J connectivity index is 1.85. The predicted octanol–water partition coefficient (Wildman–Crippen LogP) is 4.04. The van der Waals surface area contributed by atoms with Crippen LogP contribution in [-0.4, -0.2) is 19.6 Å². The fourth-order valence-corrected chi connectivity index (χ4v) is 3.76. The Labute approximate surface area is 144 Å². The second kappa shape index (κ2) is 7.52. The Morgan fingerprint density at radius 1 is 1.21 bits per heavy atom. The van der Waals surface area contributed by atoms with Crippen LogP contribution >= 0.6 is 0 Å². The molecule has 3 nitrogen and oxygen atoms in total. The molecule has 2 aromatic carbocycles. The van der Waals surface area contributed by atoms with E-state index in [9.17, 15) is 4.79 Å². The highest BCUT2D eigenvalue weighted by Gasteiger charge is 2.28. The van der Waals surface area contributed by atoms with Crippen LogP contribution in [0.1, 0.15) is 48.3 Å². The highest BCUT2D eigenvalue weighted by Crippen LogP contribution is 2.42. The summed E-state index contributed by atoms with van der Waals surface area (Å²) in [6.07, 6.45) is 3.15. The second-order valence-electron chi connectivity index (χ2n) is 6.58. The molecule has 3 rings (SSSR count). The van der Waals surface area contributed by atoms with Crippen LogP contribution < -0.4 is 10.1 Å². The van der Waals surface area contributed by atoms with Gasteiger partial charge in [-0.1, -0.05) is 36.4 Å². The number of amides is 1. The Hall–Kier alpha value is -2.29. The van der Waals surface area contributed by atoms with E-state index < -0.39 is 0 Å². The number of hydrogen-bond donors (Lipinski definition) is 1. The fourth-order valence-electron chi connectivity index (χ4n) is 3.76. The first kappa shape index (κ1) is 16.6. The predicted molar refractivity (Wildman–Crippen MR) is 96.5 cm³/mol. The molecule has 0 aromatic heterocycles. The van der Waals surface area contributed by atoms with E-state index in [2.05, 4.69) is 53.8 Å². The Morgan fingerprint density at radius 3 is 2.71 bits per heavy atom. The number of methoxy groups -OCH3 is 1. The number of nitrogens with one attached hydrogen (secondary N) is 1. The molecule has 126 valence electrons. The van der Waals surface area contributed by atoms with Crippen molar-refractivity contribution in [1.29, 1.82) is 0 Å². The highest BCUT2D eigenvalue weighted by atomic mass is 16.5. The Kier molecular flexibility index (Phi) is 5.19. The van der Waals surface area contributed by atoms with E-state index in [1.807, 2.05) is 0 Å². The Morgan fingerprint density at radius 2 is 2.00 bits per heavy atom. The molecule has 1 N–H and O–H groups in total. The summed E-state index contributed by atoms with van der Waals surface area (Å²) >= 11 is 0. The summed E-state index contributed by atoms with van der Waals surface area (Å²) < 4.78 is 5.41. The van der Waals surface area contributed by atoms with Crippen molar-refractivity contribution < 1.29 is 9.53 Å². The number of ether oxygens (including phenoxy) is 1.